The van der Waals surface area contributed by atoms with Crippen molar-refractivity contribution in [2.24, 2.45) is 5.10 Å². The van der Waals surface area contributed by atoms with Crippen LogP contribution in [0.2, 0.25) is 5.02 Å². The van der Waals surface area contributed by atoms with Crippen molar-refractivity contribution in [3.8, 4) is 0 Å². The van der Waals surface area contributed by atoms with Crippen LogP contribution in [0.25, 0.3) is 0 Å². The fourth-order valence-electron chi connectivity index (χ4n) is 4.60. The van der Waals surface area contributed by atoms with Gasteiger partial charge >= 0.3 is 6.18 Å². The first-order valence-electron chi connectivity index (χ1n) is 12.5. The third-order valence-corrected chi connectivity index (χ3v) is 7.13. The van der Waals surface area contributed by atoms with E-state index in [9.17, 15) is 27.2 Å². The first-order chi connectivity index (χ1) is 18.9. The molecular formula is C26H29ClF4N6O3. The standard InChI is InChI=1S/C26H29ClF4N6O3/c1-16-12-17(26(29,30)31)13-23(32-16)37-22(25(39)34(2)18-4-5-20(28)19(27)14-18)15-21(33-37)24(38)36-8-6-35(7-9-36)10-11-40-3/h4-5,12-14,22H,6-11,15H2,1-3H3. The molecule has 2 aromatic rings. The van der Waals surface area contributed by atoms with Crippen LogP contribution >= 0.6 is 11.6 Å². The molecule has 0 saturated carbocycles. The van der Waals surface area contributed by atoms with E-state index in [1.165, 1.54) is 31.0 Å². The highest BCUT2D eigenvalue weighted by molar-refractivity contribution is 6.40. The van der Waals surface area contributed by atoms with Gasteiger partial charge in [-0.25, -0.2) is 14.4 Å². The van der Waals surface area contributed by atoms with Gasteiger partial charge in [0.05, 0.1) is 17.2 Å². The largest absolute Gasteiger partial charge is 0.416 e. The lowest BCUT2D eigenvalue weighted by Crippen LogP contribution is -2.51. The molecule has 0 bridgehead atoms. The van der Waals surface area contributed by atoms with E-state index in [0.717, 1.165) is 29.8 Å². The molecule has 1 aromatic carbocycles. The van der Waals surface area contributed by atoms with Crippen molar-refractivity contribution >= 4 is 40.6 Å². The smallest absolute Gasteiger partial charge is 0.383 e. The van der Waals surface area contributed by atoms with Crippen molar-refractivity contribution < 1.29 is 31.9 Å². The second-order valence-corrected chi connectivity index (χ2v) is 9.99. The predicted molar refractivity (Wildman–Crippen MR) is 142 cm³/mol. The molecule has 0 spiro atoms. The number of amides is 2. The second kappa shape index (κ2) is 12.1. The molecule has 1 fully saturated rings. The Kier molecular flexibility index (Phi) is 8.96. The number of alkyl halides is 3. The Morgan fingerprint density at radius 1 is 1.15 bits per heavy atom. The molecule has 2 aliphatic heterocycles. The Hall–Kier alpha value is -3.29. The summed E-state index contributed by atoms with van der Waals surface area (Å²) in [7, 11) is 3.04. The molecule has 1 aromatic heterocycles. The molecule has 3 heterocycles. The van der Waals surface area contributed by atoms with Crippen LogP contribution in [0.5, 0.6) is 0 Å². The summed E-state index contributed by atoms with van der Waals surface area (Å²) in [6, 6.07) is 4.22. The van der Waals surface area contributed by atoms with Crippen LogP contribution in [-0.2, 0) is 20.5 Å². The molecule has 14 heteroatoms. The number of hydrogen-bond acceptors (Lipinski definition) is 7. The van der Waals surface area contributed by atoms with E-state index < -0.39 is 35.4 Å². The molecule has 0 N–H and O–H groups in total. The second-order valence-electron chi connectivity index (χ2n) is 9.59. The van der Waals surface area contributed by atoms with Crippen LogP contribution in [0, 0.1) is 12.7 Å². The number of anilines is 2. The summed E-state index contributed by atoms with van der Waals surface area (Å²) >= 11 is 5.89. The molecule has 2 amide bonds. The van der Waals surface area contributed by atoms with Crippen LogP contribution in [0.3, 0.4) is 0 Å². The molecule has 1 unspecified atom stereocenters. The van der Waals surface area contributed by atoms with Gasteiger partial charge in [0.25, 0.3) is 11.8 Å². The lowest BCUT2D eigenvalue weighted by Gasteiger charge is -2.34. The summed E-state index contributed by atoms with van der Waals surface area (Å²) in [4.78, 5) is 36.2. The lowest BCUT2D eigenvalue weighted by atomic mass is 10.1. The van der Waals surface area contributed by atoms with E-state index >= 15 is 0 Å². The number of piperazine rings is 1. The SMILES string of the molecule is COCCN1CCN(C(=O)C2=NN(c3cc(C(F)(F)F)cc(C)n3)C(C(=O)N(C)c3ccc(F)c(Cl)c3)C2)CC1. The van der Waals surface area contributed by atoms with E-state index in [4.69, 9.17) is 16.3 Å². The maximum absolute atomic E-state index is 13.7. The minimum absolute atomic E-state index is 0.0334. The number of likely N-dealkylation sites (N-methyl/N-ethyl adjacent to an activating group) is 1. The molecule has 0 radical (unpaired) electrons. The van der Waals surface area contributed by atoms with Gasteiger partial charge in [-0.3, -0.25) is 14.5 Å². The van der Waals surface area contributed by atoms with Crippen molar-refractivity contribution in [2.45, 2.75) is 25.6 Å². The minimum atomic E-state index is -4.66. The molecule has 1 saturated heterocycles. The molecule has 1 atom stereocenters. The average molecular weight is 585 g/mol. The number of halogens is 5. The van der Waals surface area contributed by atoms with Gasteiger partial charge in [0.15, 0.2) is 0 Å². The van der Waals surface area contributed by atoms with E-state index in [-0.39, 0.29) is 34.4 Å². The zero-order chi connectivity index (χ0) is 29.2. The van der Waals surface area contributed by atoms with Gasteiger partial charge in [0, 0.05) is 64.7 Å². The Labute approximate surface area is 233 Å². The summed E-state index contributed by atoms with van der Waals surface area (Å²) in [5.74, 6) is -1.88. The quantitative estimate of drug-likeness (QED) is 0.463. The number of pyridine rings is 1. The number of carbonyl (C=O) groups is 2. The highest BCUT2D eigenvalue weighted by Crippen LogP contribution is 2.34. The van der Waals surface area contributed by atoms with E-state index in [0.29, 0.717) is 32.8 Å². The Balaban J connectivity index is 1.63. The van der Waals surface area contributed by atoms with Crippen LogP contribution in [0.1, 0.15) is 17.7 Å². The van der Waals surface area contributed by atoms with Crippen LogP contribution in [0.15, 0.2) is 35.4 Å². The molecule has 216 valence electrons. The van der Waals surface area contributed by atoms with Crippen molar-refractivity contribution in [1.29, 1.82) is 0 Å². The summed E-state index contributed by atoms with van der Waals surface area (Å²) in [6.45, 7) is 4.79. The highest BCUT2D eigenvalue weighted by Gasteiger charge is 2.41. The van der Waals surface area contributed by atoms with Crippen molar-refractivity contribution in [1.82, 2.24) is 14.8 Å². The van der Waals surface area contributed by atoms with Gasteiger partial charge < -0.3 is 14.5 Å². The summed E-state index contributed by atoms with van der Waals surface area (Å²) < 4.78 is 59.6. The number of benzene rings is 1. The monoisotopic (exact) mass is 584 g/mol. The van der Waals surface area contributed by atoms with Crippen LogP contribution in [-0.4, -0.2) is 91.8 Å². The maximum atomic E-state index is 13.7. The maximum Gasteiger partial charge on any atom is 0.416 e. The number of carbonyl (C=O) groups excluding carboxylic acids is 2. The van der Waals surface area contributed by atoms with Gasteiger partial charge in [-0.05, 0) is 37.3 Å². The first kappa shape index (κ1) is 29.7. The van der Waals surface area contributed by atoms with Gasteiger partial charge in [-0.15, -0.1) is 0 Å². The normalized spacial score (nSPS) is 18.2. The Morgan fingerprint density at radius 2 is 1.85 bits per heavy atom. The van der Waals surface area contributed by atoms with Crippen molar-refractivity contribution in [3.63, 3.8) is 0 Å². The van der Waals surface area contributed by atoms with Crippen LogP contribution in [0.4, 0.5) is 29.1 Å². The zero-order valence-electron chi connectivity index (χ0n) is 22.2. The number of hydrazone groups is 1. The summed E-state index contributed by atoms with van der Waals surface area (Å²) in [6.07, 6.45) is -4.81. The fourth-order valence-corrected chi connectivity index (χ4v) is 4.77. The first-order valence-corrected chi connectivity index (χ1v) is 12.9. The molecule has 40 heavy (non-hydrogen) atoms. The number of hydrogen-bond donors (Lipinski definition) is 0. The van der Waals surface area contributed by atoms with E-state index in [1.807, 2.05) is 0 Å². The van der Waals surface area contributed by atoms with Gasteiger partial charge in [-0.1, -0.05) is 11.6 Å². The lowest BCUT2D eigenvalue weighted by molar-refractivity contribution is -0.137. The average Bonchev–Trinajstić information content (AvgIpc) is 3.37. The summed E-state index contributed by atoms with van der Waals surface area (Å²) in [5.41, 5.74) is -0.596. The number of aromatic nitrogens is 1. The third-order valence-electron chi connectivity index (χ3n) is 6.84. The Bertz CT molecular complexity index is 1300. The van der Waals surface area contributed by atoms with E-state index in [1.54, 1.807) is 12.0 Å². The molecule has 0 aliphatic carbocycles. The van der Waals surface area contributed by atoms with Gasteiger partial charge in [0.1, 0.15) is 23.4 Å². The third kappa shape index (κ3) is 6.53. The zero-order valence-corrected chi connectivity index (χ0v) is 23.0. The number of methoxy groups -OCH3 is 1. The number of aryl methyl sites for hydroxylation is 1. The highest BCUT2D eigenvalue weighted by atomic mass is 35.5. The molecular weight excluding hydrogens is 556 g/mol. The van der Waals surface area contributed by atoms with Crippen molar-refractivity contribution in [3.05, 3.63) is 52.4 Å². The molecule has 2 aliphatic rings. The molecule has 9 nitrogen and oxygen atoms in total. The Morgan fingerprint density at radius 3 is 2.48 bits per heavy atom. The van der Waals surface area contributed by atoms with Crippen LogP contribution < -0.4 is 9.91 Å². The predicted octanol–water partition coefficient (Wildman–Crippen LogP) is 3.59. The summed E-state index contributed by atoms with van der Waals surface area (Å²) in [5, 5.41) is 5.20. The molecule has 4 rings (SSSR count). The number of ether oxygens (including phenoxy) is 1. The minimum Gasteiger partial charge on any atom is -0.383 e. The fraction of sp³-hybridized carbons (Fsp3) is 0.462. The van der Waals surface area contributed by atoms with E-state index in [2.05, 4.69) is 15.0 Å². The van der Waals surface area contributed by atoms with Crippen molar-refractivity contribution in [2.75, 3.05) is 63.4 Å². The number of nitrogens with zero attached hydrogens (tertiary/aromatic N) is 6. The number of rotatable bonds is 7. The topological polar surface area (TPSA) is 81.6 Å². The van der Waals surface area contributed by atoms with Gasteiger partial charge in [-0.2, -0.15) is 18.3 Å². The van der Waals surface area contributed by atoms with Gasteiger partial charge in [0.2, 0.25) is 0 Å².